The first kappa shape index (κ1) is 16.0. The molecule has 0 bridgehead atoms. The zero-order valence-corrected chi connectivity index (χ0v) is 14.5. The number of hydrogen-bond acceptors (Lipinski definition) is 4. The molecule has 0 saturated heterocycles. The molecule has 1 aromatic heterocycles. The average molecular weight is 361 g/mol. The topological polar surface area (TPSA) is 86.7 Å². The molecule has 5 nitrogen and oxygen atoms in total. The standard InChI is InChI=1S/C23H11N3O2/c24-12-23(13-25)21(27)16-8-5-11-19(20(16)22(23)28)26-17-9-3-1-6-14(17)15-7-2-4-10-18(15)26/h1-11H. The molecule has 1 aliphatic rings. The highest BCUT2D eigenvalue weighted by atomic mass is 16.2. The first-order chi connectivity index (χ1) is 13.6. The van der Waals surface area contributed by atoms with Crippen LogP contribution in [0.1, 0.15) is 20.7 Å². The summed E-state index contributed by atoms with van der Waals surface area (Å²) in [7, 11) is 0. The smallest absolute Gasteiger partial charge is 0.267 e. The quantitative estimate of drug-likeness (QED) is 0.476. The summed E-state index contributed by atoms with van der Waals surface area (Å²) in [6, 6.07) is 23.8. The summed E-state index contributed by atoms with van der Waals surface area (Å²) in [5.74, 6) is -1.50. The number of fused-ring (bicyclic) bond motifs is 4. The van der Waals surface area contributed by atoms with Gasteiger partial charge in [-0.25, -0.2) is 0 Å². The van der Waals surface area contributed by atoms with Gasteiger partial charge in [-0.2, -0.15) is 10.5 Å². The maximum atomic E-state index is 13.1. The van der Waals surface area contributed by atoms with E-state index in [1.807, 2.05) is 53.1 Å². The Morgan fingerprint density at radius 3 is 1.86 bits per heavy atom. The summed E-state index contributed by atoms with van der Waals surface area (Å²) in [4.78, 5) is 25.9. The summed E-state index contributed by atoms with van der Waals surface area (Å²) >= 11 is 0. The molecule has 3 aromatic carbocycles. The zero-order chi connectivity index (χ0) is 19.5. The molecule has 0 aliphatic heterocycles. The van der Waals surface area contributed by atoms with Crippen molar-refractivity contribution in [1.29, 1.82) is 10.5 Å². The van der Waals surface area contributed by atoms with Crippen LogP contribution in [0, 0.1) is 28.1 Å². The number of Topliss-reactive ketones (excluding diaryl/α,β-unsaturated/α-hetero) is 2. The van der Waals surface area contributed by atoms with Crippen LogP contribution in [0.4, 0.5) is 0 Å². The van der Waals surface area contributed by atoms with E-state index < -0.39 is 17.0 Å². The molecule has 0 amide bonds. The zero-order valence-electron chi connectivity index (χ0n) is 14.5. The fraction of sp³-hybridized carbons (Fsp3) is 0.0435. The number of para-hydroxylation sites is 2. The number of ketones is 2. The molecule has 0 saturated carbocycles. The Hall–Kier alpha value is -4.22. The van der Waals surface area contributed by atoms with Gasteiger partial charge in [0, 0.05) is 16.3 Å². The Morgan fingerprint density at radius 2 is 1.29 bits per heavy atom. The normalized spacial score (nSPS) is 14.8. The van der Waals surface area contributed by atoms with Gasteiger partial charge in [-0.3, -0.25) is 9.59 Å². The van der Waals surface area contributed by atoms with E-state index in [1.54, 1.807) is 24.3 Å². The van der Waals surface area contributed by atoms with Crippen molar-refractivity contribution in [1.82, 2.24) is 4.57 Å². The van der Waals surface area contributed by atoms with Gasteiger partial charge < -0.3 is 4.57 Å². The summed E-state index contributed by atoms with van der Waals surface area (Å²) in [5.41, 5.74) is 0.194. The second-order valence-corrected chi connectivity index (χ2v) is 6.70. The van der Waals surface area contributed by atoms with Crippen LogP contribution in [0.5, 0.6) is 0 Å². The van der Waals surface area contributed by atoms with E-state index in [0.717, 1.165) is 21.8 Å². The third-order valence-electron chi connectivity index (χ3n) is 5.35. The third kappa shape index (κ3) is 1.73. The minimum absolute atomic E-state index is 0.118. The molecule has 4 aromatic rings. The second kappa shape index (κ2) is 5.39. The van der Waals surface area contributed by atoms with Gasteiger partial charge in [-0.15, -0.1) is 0 Å². The number of nitrogens with zero attached hydrogens (tertiary/aromatic N) is 3. The monoisotopic (exact) mass is 361 g/mol. The molecule has 0 fully saturated rings. The van der Waals surface area contributed by atoms with Gasteiger partial charge in [0.05, 0.1) is 22.3 Å². The van der Waals surface area contributed by atoms with Gasteiger partial charge in [0.25, 0.3) is 5.41 Å². The number of rotatable bonds is 1. The van der Waals surface area contributed by atoms with Crippen LogP contribution < -0.4 is 0 Å². The maximum absolute atomic E-state index is 13.1. The van der Waals surface area contributed by atoms with Crippen LogP contribution in [0.3, 0.4) is 0 Å². The van der Waals surface area contributed by atoms with Gasteiger partial charge in [-0.05, 0) is 18.2 Å². The fourth-order valence-corrected chi connectivity index (χ4v) is 4.06. The maximum Gasteiger partial charge on any atom is 0.267 e. The number of carbonyl (C=O) groups excluding carboxylic acids is 2. The van der Waals surface area contributed by atoms with Crippen LogP contribution in [0.15, 0.2) is 66.7 Å². The molecule has 1 heterocycles. The first-order valence-corrected chi connectivity index (χ1v) is 8.67. The third-order valence-corrected chi connectivity index (χ3v) is 5.35. The van der Waals surface area contributed by atoms with Crippen LogP contribution in [0.2, 0.25) is 0 Å². The Labute approximate surface area is 159 Å². The molecule has 0 spiro atoms. The lowest BCUT2D eigenvalue weighted by Crippen LogP contribution is -2.29. The molecule has 5 rings (SSSR count). The van der Waals surface area contributed by atoms with Crippen molar-refractivity contribution in [3.63, 3.8) is 0 Å². The van der Waals surface area contributed by atoms with Gasteiger partial charge in [0.2, 0.25) is 11.6 Å². The molecule has 1 aliphatic carbocycles. The van der Waals surface area contributed by atoms with E-state index >= 15 is 0 Å². The molecular formula is C23H11N3O2. The van der Waals surface area contributed by atoms with Crippen LogP contribution in [0.25, 0.3) is 27.5 Å². The van der Waals surface area contributed by atoms with E-state index in [9.17, 15) is 20.1 Å². The van der Waals surface area contributed by atoms with Crippen molar-refractivity contribution in [3.8, 4) is 17.8 Å². The molecule has 0 N–H and O–H groups in total. The highest BCUT2D eigenvalue weighted by molar-refractivity contribution is 6.34. The average Bonchev–Trinajstić information content (AvgIpc) is 3.19. The summed E-state index contributed by atoms with van der Waals surface area (Å²) in [6.45, 7) is 0. The highest BCUT2D eigenvalue weighted by Crippen LogP contribution is 2.41. The largest absolute Gasteiger partial charge is 0.308 e. The molecule has 5 heteroatoms. The molecule has 0 unspecified atom stereocenters. The van der Waals surface area contributed by atoms with Crippen molar-refractivity contribution in [3.05, 3.63) is 77.9 Å². The Bertz CT molecular complexity index is 1360. The summed E-state index contributed by atoms with van der Waals surface area (Å²) < 4.78 is 1.92. The van der Waals surface area contributed by atoms with Crippen molar-refractivity contribution in [2.24, 2.45) is 5.41 Å². The predicted molar refractivity (Wildman–Crippen MR) is 103 cm³/mol. The molecule has 0 radical (unpaired) electrons. The minimum atomic E-state index is -2.31. The van der Waals surface area contributed by atoms with Crippen LogP contribution in [-0.4, -0.2) is 16.1 Å². The Kier molecular flexibility index (Phi) is 3.08. The lowest BCUT2D eigenvalue weighted by atomic mass is 9.86. The van der Waals surface area contributed by atoms with E-state index in [2.05, 4.69) is 0 Å². The number of hydrogen-bond donors (Lipinski definition) is 0. The lowest BCUT2D eigenvalue weighted by Gasteiger charge is -2.12. The number of carbonyl (C=O) groups is 2. The predicted octanol–water partition coefficient (Wildman–Crippen LogP) is 4.20. The highest BCUT2D eigenvalue weighted by Gasteiger charge is 2.55. The first-order valence-electron chi connectivity index (χ1n) is 8.67. The minimum Gasteiger partial charge on any atom is -0.308 e. The molecule has 0 atom stereocenters. The van der Waals surface area contributed by atoms with E-state index in [1.165, 1.54) is 6.07 Å². The van der Waals surface area contributed by atoms with Gasteiger partial charge in [0.1, 0.15) is 12.1 Å². The van der Waals surface area contributed by atoms with Gasteiger partial charge >= 0.3 is 0 Å². The number of aromatic nitrogens is 1. The van der Waals surface area contributed by atoms with Crippen molar-refractivity contribution < 1.29 is 9.59 Å². The summed E-state index contributed by atoms with van der Waals surface area (Å²) in [6.07, 6.45) is 0. The Morgan fingerprint density at radius 1 is 0.714 bits per heavy atom. The van der Waals surface area contributed by atoms with Crippen LogP contribution in [-0.2, 0) is 0 Å². The molecule has 130 valence electrons. The van der Waals surface area contributed by atoms with Crippen LogP contribution >= 0.6 is 0 Å². The van der Waals surface area contributed by atoms with Gasteiger partial charge in [-0.1, -0.05) is 48.5 Å². The van der Waals surface area contributed by atoms with Crippen molar-refractivity contribution in [2.45, 2.75) is 0 Å². The van der Waals surface area contributed by atoms with E-state index in [-0.39, 0.29) is 11.1 Å². The van der Waals surface area contributed by atoms with Crippen molar-refractivity contribution >= 4 is 33.4 Å². The fourth-order valence-electron chi connectivity index (χ4n) is 4.06. The number of nitriles is 2. The molecule has 28 heavy (non-hydrogen) atoms. The lowest BCUT2D eigenvalue weighted by molar-refractivity contribution is 0.0823. The molecular weight excluding hydrogens is 350 g/mol. The van der Waals surface area contributed by atoms with E-state index in [0.29, 0.717) is 5.69 Å². The summed E-state index contributed by atoms with van der Waals surface area (Å²) in [5, 5.41) is 21.0. The second-order valence-electron chi connectivity index (χ2n) is 6.70. The van der Waals surface area contributed by atoms with E-state index in [4.69, 9.17) is 0 Å². The van der Waals surface area contributed by atoms with Gasteiger partial charge in [0.15, 0.2) is 0 Å². The SMILES string of the molecule is N#CC1(C#N)C(=O)c2cccc(-n3c4ccccc4c4ccccc43)c2C1=O. The number of benzene rings is 3. The van der Waals surface area contributed by atoms with Crippen molar-refractivity contribution in [2.75, 3.05) is 0 Å². The Balaban J connectivity index is 1.94.